The number of hydrogen-bond donors (Lipinski definition) is 0. The number of rotatable bonds is 14. The van der Waals surface area contributed by atoms with Crippen LogP contribution in [0.1, 0.15) is 0 Å². The summed E-state index contributed by atoms with van der Waals surface area (Å²) in [6.45, 7) is 0. The van der Waals surface area contributed by atoms with E-state index in [-0.39, 0.29) is 0 Å². The quantitative estimate of drug-likeness (QED) is 0.106. The van der Waals surface area contributed by atoms with Crippen LogP contribution in [0.3, 0.4) is 0 Å². The summed E-state index contributed by atoms with van der Waals surface area (Å²) in [7, 11) is 0. The van der Waals surface area contributed by atoms with Crippen molar-refractivity contribution >= 4 is 128 Å². The van der Waals surface area contributed by atoms with Gasteiger partial charge in [-0.2, -0.15) is 0 Å². The Hall–Kier alpha value is -15.3. The van der Waals surface area contributed by atoms with Crippen LogP contribution in [-0.2, 0) is 0 Å². The van der Waals surface area contributed by atoms with Gasteiger partial charge in [0.15, 0.2) is 34.9 Å². The fourth-order valence-corrected chi connectivity index (χ4v) is 22.5. The third-order valence-corrected chi connectivity index (χ3v) is 28.0. The Morgan fingerprint density at radius 3 is 0.839 bits per heavy atom. The molecule has 12 heteroatoms. The highest BCUT2D eigenvalue weighted by atomic mass is 32.1. The molecule has 0 bridgehead atoms. The van der Waals surface area contributed by atoms with Crippen molar-refractivity contribution in [2.75, 3.05) is 0 Å². The normalized spacial score (nSPS) is 11.5. The maximum atomic E-state index is 5.36. The molecule has 16 aromatic carbocycles. The second-order valence-electron chi connectivity index (χ2n) is 30.7. The van der Waals surface area contributed by atoms with Crippen LogP contribution in [0.2, 0.25) is 0 Å². The van der Waals surface area contributed by atoms with Crippen LogP contribution in [-0.4, -0.2) is 39.9 Å². The van der Waals surface area contributed by atoms with Crippen molar-refractivity contribution in [2.45, 2.75) is 0 Å². The average molecular weight is 1650 g/mol. The lowest BCUT2D eigenvalue weighted by Gasteiger charge is -2.12. The molecule has 0 spiro atoms. The number of benzene rings is 16. The standard InChI is InChI=1S/2C56H34N4S2/c1-4-17-35(18-5-1)50-53-49(44-28-10-12-31-46(44)57-50)48(52(62-53)45-30-16-29-43-42-27-11-13-32-47(42)61-51(43)45)40-25-14-23-38(33-40)39-24-15-26-41(34-39)56-59-54(36-19-6-2-7-20-36)58-55(60-56)37-21-8-3-9-22-37;1-4-15-38(16-5-1)50-53-49(44-22-10-12-25-46(44)57-50)48(52(62-53)45-24-14-23-43-42-21-11-13-26-47(42)61-51(43)45)37-31-27-35(28-32-37)36-29-33-41(34-30-36)56-59-54(39-17-6-2-7-18-39)58-55(60-56)40-19-8-3-9-20-40/h2*1-34H. The highest BCUT2D eigenvalue weighted by Crippen LogP contribution is 2.56. The van der Waals surface area contributed by atoms with Gasteiger partial charge in [-0.1, -0.05) is 376 Å². The van der Waals surface area contributed by atoms with Gasteiger partial charge in [-0.25, -0.2) is 39.9 Å². The predicted octanol–water partition coefficient (Wildman–Crippen LogP) is 31.3. The molecule has 0 amide bonds. The lowest BCUT2D eigenvalue weighted by atomic mass is 9.92. The maximum absolute atomic E-state index is 5.36. The first-order valence-electron chi connectivity index (χ1n) is 41.3. The van der Waals surface area contributed by atoms with Gasteiger partial charge in [-0.15, -0.1) is 45.3 Å². The monoisotopic (exact) mass is 1650 g/mol. The van der Waals surface area contributed by atoms with Gasteiger partial charge in [-0.05, 0) is 69.8 Å². The van der Waals surface area contributed by atoms with E-state index in [0.717, 1.165) is 106 Å². The molecule has 0 atom stereocenters. The van der Waals surface area contributed by atoms with E-state index >= 15 is 0 Å². The van der Waals surface area contributed by atoms with E-state index in [4.69, 9.17) is 39.9 Å². The van der Waals surface area contributed by atoms with E-state index in [1.807, 2.05) is 167 Å². The fraction of sp³-hybridized carbons (Fsp3) is 0. The Morgan fingerprint density at radius 1 is 0.161 bits per heavy atom. The van der Waals surface area contributed by atoms with Gasteiger partial charge in [0.25, 0.3) is 0 Å². The molecule has 0 unspecified atom stereocenters. The molecule has 8 aromatic heterocycles. The minimum Gasteiger partial charge on any atom is -0.246 e. The molecule has 0 aliphatic rings. The summed E-state index contributed by atoms with van der Waals surface area (Å²) in [5.74, 6) is 3.86. The average Bonchev–Trinajstić information content (AvgIpc) is 1.56. The van der Waals surface area contributed by atoms with E-state index in [2.05, 4.69) is 291 Å². The first-order chi connectivity index (χ1) is 61.5. The van der Waals surface area contributed by atoms with Gasteiger partial charge in [-0.3, -0.25) is 0 Å². The number of aromatic nitrogens is 8. The third-order valence-electron chi connectivity index (χ3n) is 23.1. The van der Waals surface area contributed by atoms with Gasteiger partial charge >= 0.3 is 0 Å². The van der Waals surface area contributed by atoms with Gasteiger partial charge in [0.2, 0.25) is 0 Å². The summed E-state index contributed by atoms with van der Waals surface area (Å²) in [6, 6.07) is 145. The summed E-state index contributed by atoms with van der Waals surface area (Å²) in [6.07, 6.45) is 0. The number of fused-ring (bicyclic) bond motifs is 12. The topological polar surface area (TPSA) is 103 Å². The lowest BCUT2D eigenvalue weighted by molar-refractivity contribution is 1.07. The van der Waals surface area contributed by atoms with Crippen molar-refractivity contribution < 1.29 is 0 Å². The Balaban J connectivity index is 0.000000143. The summed E-state index contributed by atoms with van der Waals surface area (Å²) in [4.78, 5) is 43.0. The molecule has 8 nitrogen and oxygen atoms in total. The Morgan fingerprint density at radius 2 is 0.435 bits per heavy atom. The molecule has 8 heterocycles. The molecule has 0 aliphatic heterocycles. The number of hydrogen-bond acceptors (Lipinski definition) is 12. The van der Waals surface area contributed by atoms with Gasteiger partial charge < -0.3 is 0 Å². The Labute approximate surface area is 730 Å². The van der Waals surface area contributed by atoms with E-state index in [9.17, 15) is 0 Å². The van der Waals surface area contributed by atoms with E-state index in [1.54, 1.807) is 0 Å². The van der Waals surface area contributed by atoms with Crippen LogP contribution in [0.15, 0.2) is 413 Å². The molecule has 0 N–H and O–H groups in total. The van der Waals surface area contributed by atoms with E-state index < -0.39 is 0 Å². The number of para-hydroxylation sites is 2. The summed E-state index contributed by atoms with van der Waals surface area (Å²) >= 11 is 7.47. The minimum absolute atomic E-state index is 0.630. The van der Waals surface area contributed by atoms with Gasteiger partial charge in [0.1, 0.15) is 0 Å². The minimum atomic E-state index is 0.630. The van der Waals surface area contributed by atoms with Crippen molar-refractivity contribution in [1.82, 2.24) is 39.9 Å². The molecule has 24 rings (SSSR count). The maximum Gasteiger partial charge on any atom is 0.164 e. The molecule has 0 fully saturated rings. The molecule has 0 aliphatic carbocycles. The molecule has 24 aromatic rings. The molecule has 124 heavy (non-hydrogen) atoms. The predicted molar refractivity (Wildman–Crippen MR) is 523 cm³/mol. The zero-order valence-electron chi connectivity index (χ0n) is 66.5. The molecular formula is C112H68N8S4. The SMILES string of the molecule is c1ccc(-c2nc(-c3ccccc3)nc(-c3ccc(-c4ccc(-c5c(-c6cccc7c6sc6ccccc67)sc6c(-c7ccccc7)nc7ccccc7c56)cc4)cc3)n2)cc1.c1ccc(-c2nc(-c3ccccc3)nc(-c3cccc(-c4cccc(-c5c(-c6cccc7c6sc6ccccc67)sc6c(-c7ccccc7)nc7ccccc7c56)c4)c3)n2)cc1. The Bertz CT molecular complexity index is 8090. The zero-order valence-corrected chi connectivity index (χ0v) is 69.7. The van der Waals surface area contributed by atoms with Crippen molar-refractivity contribution in [3.63, 3.8) is 0 Å². The second-order valence-corrected chi connectivity index (χ2v) is 34.8. The number of pyridine rings is 2. The molecule has 0 saturated carbocycles. The van der Waals surface area contributed by atoms with E-state index in [0.29, 0.717) is 34.9 Å². The van der Waals surface area contributed by atoms with Gasteiger partial charge in [0.05, 0.1) is 31.8 Å². The summed E-state index contributed by atoms with van der Waals surface area (Å²) < 4.78 is 7.58. The third kappa shape index (κ3) is 13.5. The molecule has 0 radical (unpaired) electrons. The van der Waals surface area contributed by atoms with Crippen LogP contribution in [0.25, 0.3) is 239 Å². The summed E-state index contributed by atoms with van der Waals surface area (Å²) in [5, 5.41) is 9.95. The van der Waals surface area contributed by atoms with Crippen LogP contribution in [0.5, 0.6) is 0 Å². The fourth-order valence-electron chi connectivity index (χ4n) is 17.2. The zero-order chi connectivity index (χ0) is 82.0. The highest BCUT2D eigenvalue weighted by molar-refractivity contribution is 7.28. The first kappa shape index (κ1) is 73.8. The van der Waals surface area contributed by atoms with Crippen molar-refractivity contribution in [1.29, 1.82) is 0 Å². The van der Waals surface area contributed by atoms with Crippen molar-refractivity contribution in [3.8, 4) is 156 Å². The first-order valence-corrected chi connectivity index (χ1v) is 44.5. The Kier molecular flexibility index (Phi) is 18.9. The summed E-state index contributed by atoms with van der Waals surface area (Å²) in [5.41, 5.74) is 23.6. The number of nitrogens with zero attached hydrogens (tertiary/aromatic N) is 8. The van der Waals surface area contributed by atoms with Gasteiger partial charge in [0, 0.05) is 138 Å². The van der Waals surface area contributed by atoms with Crippen LogP contribution < -0.4 is 0 Å². The van der Waals surface area contributed by atoms with Crippen LogP contribution in [0, 0.1) is 0 Å². The van der Waals surface area contributed by atoms with E-state index in [1.165, 1.54) is 98.1 Å². The smallest absolute Gasteiger partial charge is 0.164 e. The molecular weight excluding hydrogens is 1590 g/mol. The molecule has 0 saturated heterocycles. The van der Waals surface area contributed by atoms with Crippen molar-refractivity contribution in [2.24, 2.45) is 0 Å². The van der Waals surface area contributed by atoms with Crippen LogP contribution >= 0.6 is 45.3 Å². The lowest BCUT2D eigenvalue weighted by Crippen LogP contribution is -2.00. The second kappa shape index (κ2) is 31.7. The number of thiophene rings is 4. The van der Waals surface area contributed by atoms with Crippen LogP contribution in [0.4, 0.5) is 0 Å². The highest BCUT2D eigenvalue weighted by Gasteiger charge is 2.28. The largest absolute Gasteiger partial charge is 0.246 e. The molecule has 580 valence electrons. The van der Waals surface area contributed by atoms with Crippen molar-refractivity contribution in [3.05, 3.63) is 413 Å².